The fourth-order valence-corrected chi connectivity index (χ4v) is 1.68. The Bertz CT molecular complexity index is 311. The van der Waals surface area contributed by atoms with Gasteiger partial charge in [0.2, 0.25) is 0 Å². The van der Waals surface area contributed by atoms with E-state index in [4.69, 9.17) is 5.11 Å². The van der Waals surface area contributed by atoms with Gasteiger partial charge in [-0.25, -0.2) is 4.98 Å². The van der Waals surface area contributed by atoms with Crippen molar-refractivity contribution in [1.82, 2.24) is 4.98 Å². The molecular weight excluding hydrogens is 214 g/mol. The summed E-state index contributed by atoms with van der Waals surface area (Å²) >= 11 is 0. The smallest absolute Gasteiger partial charge is 0.131 e. The van der Waals surface area contributed by atoms with Crippen molar-refractivity contribution in [2.45, 2.75) is 26.7 Å². The van der Waals surface area contributed by atoms with Gasteiger partial charge in [-0.15, -0.1) is 0 Å². The third-order valence-electron chi connectivity index (χ3n) is 2.48. The van der Waals surface area contributed by atoms with Gasteiger partial charge in [0, 0.05) is 19.6 Å². The second kappa shape index (κ2) is 7.90. The third kappa shape index (κ3) is 4.61. The summed E-state index contributed by atoms with van der Waals surface area (Å²) < 4.78 is 0. The van der Waals surface area contributed by atoms with E-state index in [1.807, 2.05) is 18.2 Å². The van der Waals surface area contributed by atoms with E-state index in [1.54, 1.807) is 0 Å². The zero-order valence-corrected chi connectivity index (χ0v) is 10.8. The first-order valence-corrected chi connectivity index (χ1v) is 6.38. The minimum atomic E-state index is 0.161. The predicted octanol–water partition coefficient (Wildman–Crippen LogP) is 2.11. The Hall–Kier alpha value is -1.29. The highest BCUT2D eigenvalue weighted by atomic mass is 16.3. The van der Waals surface area contributed by atoms with Gasteiger partial charge in [0.15, 0.2) is 0 Å². The number of pyridine rings is 1. The van der Waals surface area contributed by atoms with Gasteiger partial charge in [0.1, 0.15) is 11.6 Å². The van der Waals surface area contributed by atoms with Crippen LogP contribution in [0, 0.1) is 0 Å². The number of aliphatic hydroxyl groups excluding tert-OH is 1. The van der Waals surface area contributed by atoms with Crippen molar-refractivity contribution < 1.29 is 5.11 Å². The lowest BCUT2D eigenvalue weighted by molar-refractivity contribution is 0.301. The monoisotopic (exact) mass is 237 g/mol. The lowest BCUT2D eigenvalue weighted by atomic mass is 10.3. The van der Waals surface area contributed by atoms with Crippen LogP contribution in [0.3, 0.4) is 0 Å². The molecule has 0 aliphatic carbocycles. The topological polar surface area (TPSA) is 48.4 Å². The normalized spacial score (nSPS) is 10.3. The van der Waals surface area contributed by atoms with Gasteiger partial charge >= 0.3 is 0 Å². The Morgan fingerprint density at radius 1 is 1.24 bits per heavy atom. The van der Waals surface area contributed by atoms with Crippen LogP contribution >= 0.6 is 0 Å². The van der Waals surface area contributed by atoms with Crippen LogP contribution in [0.15, 0.2) is 18.2 Å². The number of anilines is 2. The Balaban J connectivity index is 2.72. The summed E-state index contributed by atoms with van der Waals surface area (Å²) in [5.74, 6) is 1.84. The zero-order chi connectivity index (χ0) is 12.5. The van der Waals surface area contributed by atoms with Crippen LogP contribution in [0.1, 0.15) is 26.7 Å². The first kappa shape index (κ1) is 13.8. The molecule has 17 heavy (non-hydrogen) atoms. The van der Waals surface area contributed by atoms with Crippen LogP contribution in [0.25, 0.3) is 0 Å². The summed E-state index contributed by atoms with van der Waals surface area (Å²) in [6.07, 6.45) is 2.13. The van der Waals surface area contributed by atoms with Crippen molar-refractivity contribution >= 4 is 11.6 Å². The summed E-state index contributed by atoms with van der Waals surface area (Å²) in [6.45, 7) is 6.91. The minimum Gasteiger partial charge on any atom is -0.395 e. The van der Waals surface area contributed by atoms with Gasteiger partial charge < -0.3 is 15.3 Å². The zero-order valence-electron chi connectivity index (χ0n) is 10.8. The molecule has 1 aromatic heterocycles. The predicted molar refractivity (Wildman–Crippen MR) is 72.6 cm³/mol. The van der Waals surface area contributed by atoms with Crippen molar-refractivity contribution in [2.75, 3.05) is 36.5 Å². The summed E-state index contributed by atoms with van der Waals surface area (Å²) in [5.41, 5.74) is 0. The molecule has 4 nitrogen and oxygen atoms in total. The molecule has 1 aromatic rings. The Labute approximate surface area is 104 Å². The number of rotatable bonds is 8. The van der Waals surface area contributed by atoms with E-state index in [-0.39, 0.29) is 6.61 Å². The second-order valence-corrected chi connectivity index (χ2v) is 4.02. The van der Waals surface area contributed by atoms with Crippen LogP contribution in [0.4, 0.5) is 11.6 Å². The van der Waals surface area contributed by atoms with Crippen molar-refractivity contribution in [3.8, 4) is 0 Å². The highest BCUT2D eigenvalue weighted by Crippen LogP contribution is 2.14. The molecule has 0 aliphatic heterocycles. The quantitative estimate of drug-likeness (QED) is 0.727. The first-order chi connectivity index (χ1) is 8.31. The lowest BCUT2D eigenvalue weighted by Crippen LogP contribution is -2.28. The van der Waals surface area contributed by atoms with Crippen molar-refractivity contribution in [3.63, 3.8) is 0 Å². The van der Waals surface area contributed by atoms with Crippen LogP contribution < -0.4 is 10.2 Å². The molecule has 2 N–H and O–H groups in total. The number of hydrogen-bond acceptors (Lipinski definition) is 4. The van der Waals surface area contributed by atoms with Crippen molar-refractivity contribution in [1.29, 1.82) is 0 Å². The van der Waals surface area contributed by atoms with Crippen molar-refractivity contribution in [2.24, 2.45) is 0 Å². The molecule has 0 fully saturated rings. The highest BCUT2D eigenvalue weighted by Gasteiger charge is 2.06. The number of hydrogen-bond donors (Lipinski definition) is 2. The van der Waals surface area contributed by atoms with Gasteiger partial charge in [0.05, 0.1) is 6.61 Å². The van der Waals surface area contributed by atoms with Crippen LogP contribution in [-0.2, 0) is 0 Å². The molecule has 0 unspecified atom stereocenters. The van der Waals surface area contributed by atoms with E-state index in [0.717, 1.165) is 37.6 Å². The SMILES string of the molecule is CCCNc1cccc(N(CCC)CCO)n1. The summed E-state index contributed by atoms with van der Waals surface area (Å²) in [6, 6.07) is 5.96. The molecule has 0 aliphatic rings. The Morgan fingerprint density at radius 2 is 2.06 bits per heavy atom. The van der Waals surface area contributed by atoms with Crippen LogP contribution in [0.5, 0.6) is 0 Å². The molecule has 4 heteroatoms. The second-order valence-electron chi connectivity index (χ2n) is 4.02. The molecule has 0 atom stereocenters. The summed E-state index contributed by atoms with van der Waals surface area (Å²) in [4.78, 5) is 6.66. The van der Waals surface area contributed by atoms with E-state index in [2.05, 4.69) is 29.0 Å². The van der Waals surface area contributed by atoms with Gasteiger partial charge in [0.25, 0.3) is 0 Å². The van der Waals surface area contributed by atoms with E-state index in [1.165, 1.54) is 0 Å². The molecule has 1 rings (SSSR count). The van der Waals surface area contributed by atoms with E-state index in [9.17, 15) is 0 Å². The molecule has 1 heterocycles. The van der Waals surface area contributed by atoms with Gasteiger partial charge in [-0.2, -0.15) is 0 Å². The molecule has 0 saturated heterocycles. The Morgan fingerprint density at radius 3 is 2.71 bits per heavy atom. The van der Waals surface area contributed by atoms with Crippen molar-refractivity contribution in [3.05, 3.63) is 18.2 Å². The maximum atomic E-state index is 9.05. The molecular formula is C13H23N3O. The van der Waals surface area contributed by atoms with Crippen LogP contribution in [-0.4, -0.2) is 36.3 Å². The maximum absolute atomic E-state index is 9.05. The summed E-state index contributed by atoms with van der Waals surface area (Å²) in [5, 5.41) is 12.3. The number of aliphatic hydroxyl groups is 1. The molecule has 0 radical (unpaired) electrons. The van der Waals surface area contributed by atoms with Crippen LogP contribution in [0.2, 0.25) is 0 Å². The van der Waals surface area contributed by atoms with E-state index >= 15 is 0 Å². The minimum absolute atomic E-state index is 0.161. The molecule has 0 bridgehead atoms. The summed E-state index contributed by atoms with van der Waals surface area (Å²) in [7, 11) is 0. The Kier molecular flexibility index (Phi) is 6.40. The number of nitrogens with one attached hydrogen (secondary N) is 1. The van der Waals surface area contributed by atoms with Gasteiger partial charge in [-0.1, -0.05) is 19.9 Å². The number of nitrogens with zero attached hydrogens (tertiary/aromatic N) is 2. The maximum Gasteiger partial charge on any atom is 0.131 e. The van der Waals surface area contributed by atoms with Gasteiger partial charge in [-0.05, 0) is 25.0 Å². The standard InChI is InChI=1S/C13H23N3O/c1-3-8-14-12-6-5-7-13(15-12)16(9-4-2)10-11-17/h5-7,17H,3-4,8-11H2,1-2H3,(H,14,15). The molecule has 0 spiro atoms. The molecule has 0 saturated carbocycles. The average molecular weight is 237 g/mol. The highest BCUT2D eigenvalue weighted by molar-refractivity contribution is 5.47. The largest absolute Gasteiger partial charge is 0.395 e. The molecule has 0 amide bonds. The van der Waals surface area contributed by atoms with E-state index < -0.39 is 0 Å². The van der Waals surface area contributed by atoms with E-state index in [0.29, 0.717) is 6.54 Å². The lowest BCUT2D eigenvalue weighted by Gasteiger charge is -2.22. The molecule has 96 valence electrons. The first-order valence-electron chi connectivity index (χ1n) is 6.38. The fraction of sp³-hybridized carbons (Fsp3) is 0.615. The molecule has 0 aromatic carbocycles. The third-order valence-corrected chi connectivity index (χ3v) is 2.48. The average Bonchev–Trinajstić information content (AvgIpc) is 2.36. The van der Waals surface area contributed by atoms with Gasteiger partial charge in [-0.3, -0.25) is 0 Å². The fourth-order valence-electron chi connectivity index (χ4n) is 1.68. The number of aromatic nitrogens is 1.